The Labute approximate surface area is 210 Å². The average Bonchev–Trinajstić information content (AvgIpc) is 3.48. The number of pyridine rings is 2. The summed E-state index contributed by atoms with van der Waals surface area (Å²) in [5, 5.41) is 18.4. The van der Waals surface area contributed by atoms with Crippen LogP contribution in [0.1, 0.15) is 32.8 Å². The number of nitrogens with zero attached hydrogens (tertiary/aromatic N) is 8. The van der Waals surface area contributed by atoms with Crippen LogP contribution >= 0.6 is 0 Å². The molecule has 0 unspecified atom stereocenters. The van der Waals surface area contributed by atoms with Gasteiger partial charge in [-0.3, -0.25) is 9.48 Å². The maximum atomic E-state index is 12.6. The number of hydrogen-bond acceptors (Lipinski definition) is 6. The Morgan fingerprint density at radius 1 is 1.00 bits per heavy atom. The number of nitriles is 1. The van der Waals surface area contributed by atoms with E-state index in [-0.39, 0.29) is 11.3 Å². The predicted octanol–water partition coefficient (Wildman–Crippen LogP) is 3.75. The van der Waals surface area contributed by atoms with Gasteiger partial charge in [0.15, 0.2) is 0 Å². The minimum atomic E-state index is -0.00767. The molecule has 0 radical (unpaired) electrons. The number of aromatic nitrogens is 5. The first-order chi connectivity index (χ1) is 17.2. The van der Waals surface area contributed by atoms with Crippen LogP contribution in [0.3, 0.4) is 0 Å². The molecule has 5 rings (SSSR count). The third-order valence-corrected chi connectivity index (χ3v) is 6.47. The van der Waals surface area contributed by atoms with Crippen LogP contribution in [0.5, 0.6) is 0 Å². The van der Waals surface area contributed by atoms with E-state index in [1.807, 2.05) is 48.9 Å². The summed E-state index contributed by atoms with van der Waals surface area (Å²) in [6, 6.07) is 8.36. The van der Waals surface area contributed by atoms with Gasteiger partial charge in [-0.1, -0.05) is 20.8 Å². The molecule has 9 nitrogen and oxygen atoms in total. The lowest BCUT2D eigenvalue weighted by atomic mass is 9.91. The molecule has 0 atom stereocenters. The van der Waals surface area contributed by atoms with Crippen molar-refractivity contribution in [3.05, 3.63) is 54.7 Å². The van der Waals surface area contributed by atoms with Crippen molar-refractivity contribution in [1.29, 1.82) is 5.26 Å². The Hall–Kier alpha value is -4.19. The van der Waals surface area contributed by atoms with E-state index in [0.29, 0.717) is 25.1 Å². The van der Waals surface area contributed by atoms with E-state index in [1.54, 1.807) is 15.4 Å². The molecule has 4 aromatic rings. The van der Waals surface area contributed by atoms with Gasteiger partial charge in [0, 0.05) is 80.5 Å². The SMILES string of the molecule is Cn1cc(-c2cc(-c3ccc(N4CCN(C(=O)CC(C)(C)C)CC4)nc3)c3c(C#N)cnn3c2)cn1. The fraction of sp³-hybridized carbons (Fsp3) is 0.370. The number of amides is 1. The highest BCUT2D eigenvalue weighted by molar-refractivity contribution is 5.87. The molecule has 184 valence electrons. The molecule has 0 saturated carbocycles. The molecule has 36 heavy (non-hydrogen) atoms. The van der Waals surface area contributed by atoms with E-state index in [1.165, 1.54) is 0 Å². The van der Waals surface area contributed by atoms with Gasteiger partial charge in [0.05, 0.1) is 23.5 Å². The zero-order valence-corrected chi connectivity index (χ0v) is 21.1. The monoisotopic (exact) mass is 482 g/mol. The molecular weight excluding hydrogens is 452 g/mol. The number of anilines is 1. The lowest BCUT2D eigenvalue weighted by Crippen LogP contribution is -2.49. The minimum Gasteiger partial charge on any atom is -0.353 e. The van der Waals surface area contributed by atoms with Crippen molar-refractivity contribution < 1.29 is 4.79 Å². The van der Waals surface area contributed by atoms with E-state index in [4.69, 9.17) is 4.98 Å². The largest absolute Gasteiger partial charge is 0.353 e. The first-order valence-electron chi connectivity index (χ1n) is 12.1. The fourth-order valence-electron chi connectivity index (χ4n) is 4.63. The Kier molecular flexibility index (Phi) is 5.96. The molecule has 0 bridgehead atoms. The Bertz CT molecular complexity index is 1440. The highest BCUT2D eigenvalue weighted by Crippen LogP contribution is 2.32. The molecule has 9 heteroatoms. The number of carbonyl (C=O) groups is 1. The van der Waals surface area contributed by atoms with Crippen molar-refractivity contribution in [2.24, 2.45) is 12.5 Å². The summed E-state index contributed by atoms with van der Waals surface area (Å²) in [7, 11) is 1.88. The minimum absolute atomic E-state index is 0.00767. The predicted molar refractivity (Wildman–Crippen MR) is 138 cm³/mol. The summed E-state index contributed by atoms with van der Waals surface area (Å²) in [6.45, 7) is 9.19. The quantitative estimate of drug-likeness (QED) is 0.440. The average molecular weight is 483 g/mol. The van der Waals surface area contributed by atoms with Crippen LogP contribution < -0.4 is 4.90 Å². The Balaban J connectivity index is 1.40. The van der Waals surface area contributed by atoms with Crippen molar-refractivity contribution in [1.82, 2.24) is 29.3 Å². The van der Waals surface area contributed by atoms with Gasteiger partial charge in [-0.2, -0.15) is 15.5 Å². The summed E-state index contributed by atoms with van der Waals surface area (Å²) < 4.78 is 3.51. The highest BCUT2D eigenvalue weighted by Gasteiger charge is 2.25. The molecule has 1 aliphatic rings. The van der Waals surface area contributed by atoms with Gasteiger partial charge in [-0.25, -0.2) is 9.50 Å². The molecule has 0 aromatic carbocycles. The topological polar surface area (TPSA) is 95.3 Å². The first kappa shape index (κ1) is 23.5. The third kappa shape index (κ3) is 4.67. The van der Waals surface area contributed by atoms with E-state index in [2.05, 4.69) is 48.0 Å². The Morgan fingerprint density at radius 2 is 1.78 bits per heavy atom. The number of fused-ring (bicyclic) bond motifs is 1. The second-order valence-electron chi connectivity index (χ2n) is 10.5. The molecular formula is C27H30N8O. The molecule has 4 aromatic heterocycles. The van der Waals surface area contributed by atoms with Gasteiger partial charge in [0.2, 0.25) is 5.91 Å². The zero-order valence-electron chi connectivity index (χ0n) is 21.1. The van der Waals surface area contributed by atoms with Crippen LogP contribution in [-0.4, -0.2) is 61.4 Å². The maximum Gasteiger partial charge on any atom is 0.223 e. The number of aryl methyl sites for hydroxylation is 1. The van der Waals surface area contributed by atoms with Crippen LogP contribution in [0, 0.1) is 16.7 Å². The molecule has 1 aliphatic heterocycles. The zero-order chi connectivity index (χ0) is 25.4. The van der Waals surface area contributed by atoms with Gasteiger partial charge >= 0.3 is 0 Å². The number of hydrogen-bond donors (Lipinski definition) is 0. The number of rotatable bonds is 4. The van der Waals surface area contributed by atoms with Crippen LogP contribution in [0.25, 0.3) is 27.8 Å². The lowest BCUT2D eigenvalue weighted by molar-refractivity contribution is -0.133. The summed E-state index contributed by atoms with van der Waals surface area (Å²) in [6.07, 6.45) is 9.68. The maximum absolute atomic E-state index is 12.6. The van der Waals surface area contributed by atoms with Crippen LogP contribution in [0.15, 0.2) is 49.2 Å². The molecule has 1 amide bonds. The van der Waals surface area contributed by atoms with Crippen LogP contribution in [0.2, 0.25) is 0 Å². The third-order valence-electron chi connectivity index (χ3n) is 6.47. The van der Waals surface area contributed by atoms with E-state index >= 15 is 0 Å². The van der Waals surface area contributed by atoms with E-state index < -0.39 is 0 Å². The van der Waals surface area contributed by atoms with Crippen LogP contribution in [0.4, 0.5) is 5.82 Å². The molecule has 5 heterocycles. The van der Waals surface area contributed by atoms with Gasteiger partial charge in [0.1, 0.15) is 11.9 Å². The normalized spacial score (nSPS) is 14.3. The van der Waals surface area contributed by atoms with Gasteiger partial charge in [-0.15, -0.1) is 0 Å². The van der Waals surface area contributed by atoms with Crippen molar-refractivity contribution >= 4 is 17.2 Å². The molecule has 1 fully saturated rings. The van der Waals surface area contributed by atoms with E-state index in [9.17, 15) is 10.1 Å². The molecule has 1 saturated heterocycles. The van der Waals surface area contributed by atoms with Crippen molar-refractivity contribution in [2.45, 2.75) is 27.2 Å². The van der Waals surface area contributed by atoms with Crippen molar-refractivity contribution in [3.8, 4) is 28.3 Å². The first-order valence-corrected chi connectivity index (χ1v) is 12.1. The lowest BCUT2D eigenvalue weighted by Gasteiger charge is -2.36. The van der Waals surface area contributed by atoms with Gasteiger partial charge < -0.3 is 9.80 Å². The number of carbonyl (C=O) groups excluding carboxylic acids is 1. The molecule has 0 N–H and O–H groups in total. The highest BCUT2D eigenvalue weighted by atomic mass is 16.2. The standard InChI is InChI=1S/C27H30N8O/c1-27(2,3)12-25(36)34-9-7-33(8-10-34)24-6-5-19(14-29-24)23-11-20(22-16-30-32(4)17-22)18-35-26(23)21(13-28)15-31-35/h5-6,11,14-18H,7-10,12H2,1-4H3. The van der Waals surface area contributed by atoms with Crippen molar-refractivity contribution in [2.75, 3.05) is 31.1 Å². The summed E-state index contributed by atoms with van der Waals surface area (Å²) in [5.41, 5.74) is 4.99. The molecule has 0 spiro atoms. The summed E-state index contributed by atoms with van der Waals surface area (Å²) >= 11 is 0. The fourth-order valence-corrected chi connectivity index (χ4v) is 4.63. The second kappa shape index (κ2) is 9.11. The summed E-state index contributed by atoms with van der Waals surface area (Å²) in [4.78, 5) is 21.5. The van der Waals surface area contributed by atoms with Gasteiger partial charge in [-0.05, 0) is 23.6 Å². The second-order valence-corrected chi connectivity index (χ2v) is 10.5. The van der Waals surface area contributed by atoms with Gasteiger partial charge in [0.25, 0.3) is 0 Å². The smallest absolute Gasteiger partial charge is 0.223 e. The van der Waals surface area contributed by atoms with Crippen LogP contribution in [-0.2, 0) is 11.8 Å². The number of piperazine rings is 1. The molecule has 0 aliphatic carbocycles. The van der Waals surface area contributed by atoms with E-state index in [0.717, 1.165) is 46.7 Å². The Morgan fingerprint density at radius 3 is 2.39 bits per heavy atom. The summed E-state index contributed by atoms with van der Waals surface area (Å²) in [5.74, 6) is 1.10. The van der Waals surface area contributed by atoms with Crippen molar-refractivity contribution in [3.63, 3.8) is 0 Å².